The van der Waals surface area contributed by atoms with E-state index in [-0.39, 0.29) is 0 Å². The van der Waals surface area contributed by atoms with Crippen LogP contribution in [0.2, 0.25) is 0 Å². The molecule has 0 saturated carbocycles. The average Bonchev–Trinajstić information content (AvgIpc) is 2.88. The maximum absolute atomic E-state index is 4.50. The molecule has 1 nitrogen and oxygen atoms in total. The Morgan fingerprint density at radius 3 is 1.25 bits per heavy atom. The first kappa shape index (κ1) is 39.4. The van der Waals surface area contributed by atoms with E-state index in [4.69, 9.17) is 0 Å². The van der Waals surface area contributed by atoms with Crippen molar-refractivity contribution in [2.45, 2.75) is 163 Å². The lowest BCUT2D eigenvalue weighted by Crippen LogP contribution is -2.03. The van der Waals surface area contributed by atoms with E-state index in [1.54, 1.807) is 6.08 Å². The number of hydrogen-bond donors (Lipinski definition) is 1. The van der Waals surface area contributed by atoms with Crippen molar-refractivity contribution in [2.75, 3.05) is 7.05 Å². The molecular weight excluding hydrogens is 434 g/mol. The second-order valence-corrected chi connectivity index (χ2v) is 10.2. The molecule has 0 fully saturated rings. The lowest BCUT2D eigenvalue weighted by atomic mass is 9.88. The predicted octanol–water partition coefficient (Wildman–Crippen LogP) is 12.3. The zero-order valence-corrected chi connectivity index (χ0v) is 25.8. The maximum atomic E-state index is 4.50. The predicted molar refractivity (Wildman–Crippen MR) is 171 cm³/mol. The van der Waals surface area contributed by atoms with E-state index in [0.717, 1.165) is 5.92 Å². The lowest BCUT2D eigenvalue weighted by molar-refractivity contribution is 0.401. The van der Waals surface area contributed by atoms with E-state index in [1.807, 2.05) is 13.0 Å². The number of hydrogen-bond acceptors (Lipinski definition) is 1. The summed E-state index contributed by atoms with van der Waals surface area (Å²) in [4.78, 5) is 0. The number of allylic oxidation sites excluding steroid dienone is 6. The highest BCUT2D eigenvalue weighted by Gasteiger charge is 2.10. The first-order chi connectivity index (χ1) is 17.7. The molecule has 0 rings (SSSR count). The van der Waals surface area contributed by atoms with Gasteiger partial charge in [0.25, 0.3) is 0 Å². The van der Waals surface area contributed by atoms with Crippen LogP contribution in [-0.4, -0.2) is 7.05 Å². The van der Waals surface area contributed by atoms with Crippen molar-refractivity contribution < 1.29 is 0 Å². The standard InChI is InChI=1S/C31H58.C3H6.CH5N/c1-5-9-11-13-15-17-19-21-23-27-31(29-30(25-7-3)26-8-4)28-24-22-20-18-16-14-12-10-6-2;1-3-2;1-2/h7-8,25-26,31H,3,5-6,9-24,27-29H2,1-2,4H3;3H,1H2,2H3;2H2,1H3/b26-8-,30-25+;;. The van der Waals surface area contributed by atoms with Crippen molar-refractivity contribution in [3.63, 3.8) is 0 Å². The zero-order valence-electron chi connectivity index (χ0n) is 25.8. The van der Waals surface area contributed by atoms with Gasteiger partial charge >= 0.3 is 0 Å². The van der Waals surface area contributed by atoms with Crippen molar-refractivity contribution >= 4 is 0 Å². The molecule has 0 unspecified atom stereocenters. The number of rotatable bonds is 24. The van der Waals surface area contributed by atoms with Gasteiger partial charge in [0, 0.05) is 0 Å². The molecule has 2 N–H and O–H groups in total. The molecule has 0 saturated heterocycles. The van der Waals surface area contributed by atoms with E-state index in [1.165, 1.54) is 147 Å². The summed E-state index contributed by atoms with van der Waals surface area (Å²) in [5.41, 5.74) is 5.97. The van der Waals surface area contributed by atoms with Gasteiger partial charge in [-0.1, -0.05) is 179 Å². The molecule has 0 heterocycles. The Morgan fingerprint density at radius 2 is 0.944 bits per heavy atom. The molecule has 0 aromatic rings. The van der Waals surface area contributed by atoms with Crippen LogP contribution in [0.25, 0.3) is 0 Å². The SMILES string of the molecule is C=C/C=C(\C=C/C)CC(CCCCCCCCCCC)CCCCCCCCCCC.C=CC.CN. The summed E-state index contributed by atoms with van der Waals surface area (Å²) in [6, 6.07) is 0. The normalized spacial score (nSPS) is 11.1. The first-order valence-corrected chi connectivity index (χ1v) is 15.8. The van der Waals surface area contributed by atoms with Crippen LogP contribution in [0.15, 0.2) is 49.1 Å². The fourth-order valence-corrected chi connectivity index (χ4v) is 4.73. The van der Waals surface area contributed by atoms with Crippen LogP contribution in [0.3, 0.4) is 0 Å². The average molecular weight is 504 g/mol. The van der Waals surface area contributed by atoms with Gasteiger partial charge in [-0.15, -0.1) is 6.58 Å². The smallest absolute Gasteiger partial charge is 0.0195 e. The van der Waals surface area contributed by atoms with E-state index >= 15 is 0 Å². The van der Waals surface area contributed by atoms with Crippen LogP contribution in [-0.2, 0) is 0 Å². The van der Waals surface area contributed by atoms with Crippen molar-refractivity contribution in [2.24, 2.45) is 11.7 Å². The highest BCUT2D eigenvalue weighted by Crippen LogP contribution is 2.26. The Labute approximate surface area is 230 Å². The molecule has 0 aromatic heterocycles. The summed E-state index contributed by atoms with van der Waals surface area (Å²) in [5.74, 6) is 0.858. The van der Waals surface area contributed by atoms with Gasteiger partial charge in [-0.2, -0.15) is 0 Å². The quantitative estimate of drug-likeness (QED) is 0.0790. The Balaban J connectivity index is -0.00000201. The molecule has 1 heteroatoms. The third-order valence-electron chi connectivity index (χ3n) is 6.67. The molecule has 0 spiro atoms. The molecular formula is C35H69N. The number of unbranched alkanes of at least 4 members (excludes halogenated alkanes) is 16. The van der Waals surface area contributed by atoms with E-state index < -0.39 is 0 Å². The molecule has 0 aliphatic heterocycles. The number of nitrogens with two attached hydrogens (primary N) is 1. The first-order valence-electron chi connectivity index (χ1n) is 15.8. The fourth-order valence-electron chi connectivity index (χ4n) is 4.73. The highest BCUT2D eigenvalue weighted by atomic mass is 14.4. The summed E-state index contributed by atoms with van der Waals surface area (Å²) in [7, 11) is 1.50. The Bertz CT molecular complexity index is 437. The van der Waals surface area contributed by atoms with Crippen molar-refractivity contribution in [3.8, 4) is 0 Å². The van der Waals surface area contributed by atoms with Gasteiger partial charge in [0.15, 0.2) is 0 Å². The van der Waals surface area contributed by atoms with Gasteiger partial charge in [0.2, 0.25) is 0 Å². The molecule has 0 aliphatic rings. The molecule has 0 aromatic carbocycles. The third kappa shape index (κ3) is 35.1. The summed E-state index contributed by atoms with van der Waals surface area (Å²) in [6.07, 6.45) is 40.3. The molecule has 0 aliphatic carbocycles. The van der Waals surface area contributed by atoms with Crippen LogP contribution in [0.4, 0.5) is 0 Å². The highest BCUT2D eigenvalue weighted by molar-refractivity contribution is 5.22. The summed E-state index contributed by atoms with van der Waals surface area (Å²) in [6.45, 7) is 15.9. The topological polar surface area (TPSA) is 26.0 Å². The van der Waals surface area contributed by atoms with Gasteiger partial charge < -0.3 is 5.73 Å². The van der Waals surface area contributed by atoms with Crippen molar-refractivity contribution in [1.82, 2.24) is 0 Å². The minimum Gasteiger partial charge on any atom is -0.333 e. The van der Waals surface area contributed by atoms with Crippen LogP contribution < -0.4 is 5.73 Å². The summed E-state index contributed by atoms with van der Waals surface area (Å²) >= 11 is 0. The lowest BCUT2D eigenvalue weighted by Gasteiger charge is -2.18. The van der Waals surface area contributed by atoms with Gasteiger partial charge in [-0.05, 0) is 38.8 Å². The van der Waals surface area contributed by atoms with Crippen LogP contribution in [0.5, 0.6) is 0 Å². The second kappa shape index (κ2) is 38.5. The maximum Gasteiger partial charge on any atom is -0.0195 e. The van der Waals surface area contributed by atoms with Gasteiger partial charge in [0.05, 0.1) is 0 Å². The monoisotopic (exact) mass is 504 g/mol. The molecule has 36 heavy (non-hydrogen) atoms. The van der Waals surface area contributed by atoms with Crippen LogP contribution in [0, 0.1) is 5.92 Å². The molecule has 214 valence electrons. The third-order valence-corrected chi connectivity index (χ3v) is 6.67. The Hall–Kier alpha value is -1.08. The van der Waals surface area contributed by atoms with Gasteiger partial charge in [0.1, 0.15) is 0 Å². The molecule has 0 bridgehead atoms. The fraction of sp³-hybridized carbons (Fsp3) is 0.771. The zero-order chi connectivity index (χ0) is 27.5. The minimum atomic E-state index is 0.858. The van der Waals surface area contributed by atoms with Crippen molar-refractivity contribution in [3.05, 3.63) is 49.1 Å². The summed E-state index contributed by atoms with van der Waals surface area (Å²) < 4.78 is 0. The van der Waals surface area contributed by atoms with Crippen LogP contribution in [0.1, 0.15) is 163 Å². The van der Waals surface area contributed by atoms with Crippen molar-refractivity contribution in [1.29, 1.82) is 0 Å². The van der Waals surface area contributed by atoms with Crippen LogP contribution >= 0.6 is 0 Å². The van der Waals surface area contributed by atoms with E-state index in [9.17, 15) is 0 Å². The second-order valence-electron chi connectivity index (χ2n) is 10.2. The largest absolute Gasteiger partial charge is 0.333 e. The summed E-state index contributed by atoms with van der Waals surface area (Å²) in [5, 5.41) is 0. The minimum absolute atomic E-state index is 0.858. The van der Waals surface area contributed by atoms with Gasteiger partial charge in [-0.3, -0.25) is 0 Å². The Morgan fingerprint density at radius 1 is 0.611 bits per heavy atom. The van der Waals surface area contributed by atoms with Gasteiger partial charge in [-0.25, -0.2) is 0 Å². The van der Waals surface area contributed by atoms with E-state index in [0.29, 0.717) is 0 Å². The molecule has 0 amide bonds. The molecule has 0 atom stereocenters. The molecule has 0 radical (unpaired) electrons. The van der Waals surface area contributed by atoms with E-state index in [2.05, 4.69) is 57.9 Å². The Kier molecular flexibility index (Phi) is 42.1.